The molecule has 0 aliphatic carbocycles. The fourth-order valence-corrected chi connectivity index (χ4v) is 2.80. The Balaban J connectivity index is 2.14. The summed E-state index contributed by atoms with van der Waals surface area (Å²) in [6.45, 7) is 1.89. The first-order chi connectivity index (χ1) is 12.0. The van der Waals surface area contributed by atoms with Gasteiger partial charge in [0.1, 0.15) is 17.2 Å². The lowest BCUT2D eigenvalue weighted by Gasteiger charge is -2.18. The van der Waals surface area contributed by atoms with Crippen molar-refractivity contribution in [1.82, 2.24) is 5.32 Å². The Morgan fingerprint density at radius 3 is 2.36 bits per heavy atom. The van der Waals surface area contributed by atoms with Gasteiger partial charge in [-0.2, -0.15) is 0 Å². The van der Waals surface area contributed by atoms with Gasteiger partial charge in [0.25, 0.3) is 0 Å². The van der Waals surface area contributed by atoms with Crippen LogP contribution in [0.5, 0.6) is 17.2 Å². The van der Waals surface area contributed by atoms with Gasteiger partial charge in [-0.15, -0.1) is 0 Å². The second-order valence-corrected chi connectivity index (χ2v) is 5.97. The zero-order valence-electron chi connectivity index (χ0n) is 14.8. The minimum atomic E-state index is -0.247. The molecule has 0 fully saturated rings. The molecule has 2 aromatic rings. The number of amides is 1. The standard InChI is InChI=1S/C19H22ClNO4/c1-12(16-11-15(23-2)6-8-18(16)25-4)21-19(22)10-13-9-14(20)5-7-17(13)24-3/h5-9,11-12H,10H2,1-4H3,(H,21,22)/t12-/m0/s1. The van der Waals surface area contributed by atoms with Gasteiger partial charge in [-0.25, -0.2) is 0 Å². The van der Waals surface area contributed by atoms with Crippen LogP contribution in [0.1, 0.15) is 24.1 Å². The second kappa shape index (κ2) is 8.62. The molecule has 0 aromatic heterocycles. The van der Waals surface area contributed by atoms with E-state index in [-0.39, 0.29) is 18.4 Å². The zero-order chi connectivity index (χ0) is 18.4. The van der Waals surface area contributed by atoms with E-state index in [0.29, 0.717) is 22.3 Å². The lowest BCUT2D eigenvalue weighted by molar-refractivity contribution is -0.121. The van der Waals surface area contributed by atoms with E-state index in [1.165, 1.54) is 0 Å². The molecule has 5 nitrogen and oxygen atoms in total. The normalized spacial score (nSPS) is 11.6. The van der Waals surface area contributed by atoms with Gasteiger partial charge in [0.15, 0.2) is 0 Å². The predicted octanol–water partition coefficient (Wildman–Crippen LogP) is 3.79. The Kier molecular flexibility index (Phi) is 6.53. The summed E-state index contributed by atoms with van der Waals surface area (Å²) in [5, 5.41) is 3.53. The summed E-state index contributed by atoms with van der Waals surface area (Å²) in [4.78, 5) is 12.4. The highest BCUT2D eigenvalue weighted by atomic mass is 35.5. The van der Waals surface area contributed by atoms with Gasteiger partial charge in [-0.05, 0) is 43.3 Å². The van der Waals surface area contributed by atoms with Gasteiger partial charge < -0.3 is 19.5 Å². The number of halogens is 1. The topological polar surface area (TPSA) is 56.8 Å². The Hall–Kier alpha value is -2.40. The molecule has 0 heterocycles. The number of nitrogens with one attached hydrogen (secondary N) is 1. The molecule has 0 saturated carbocycles. The third kappa shape index (κ3) is 4.79. The van der Waals surface area contributed by atoms with Crippen LogP contribution in [0.2, 0.25) is 5.02 Å². The van der Waals surface area contributed by atoms with Crippen LogP contribution in [0.15, 0.2) is 36.4 Å². The van der Waals surface area contributed by atoms with Crippen LogP contribution in [-0.4, -0.2) is 27.2 Å². The second-order valence-electron chi connectivity index (χ2n) is 5.53. The van der Waals surface area contributed by atoms with E-state index >= 15 is 0 Å². The molecule has 0 saturated heterocycles. The first-order valence-corrected chi connectivity index (χ1v) is 8.20. The molecule has 0 aliphatic heterocycles. The number of ether oxygens (including phenoxy) is 3. The van der Waals surface area contributed by atoms with Gasteiger partial charge in [0.2, 0.25) is 5.91 Å². The van der Waals surface area contributed by atoms with Crippen molar-refractivity contribution in [3.8, 4) is 17.2 Å². The van der Waals surface area contributed by atoms with Gasteiger partial charge in [0, 0.05) is 16.1 Å². The Bertz CT molecular complexity index is 748. The van der Waals surface area contributed by atoms with E-state index in [4.69, 9.17) is 25.8 Å². The van der Waals surface area contributed by atoms with Crippen molar-refractivity contribution in [3.05, 3.63) is 52.5 Å². The van der Waals surface area contributed by atoms with Crippen molar-refractivity contribution >= 4 is 17.5 Å². The van der Waals surface area contributed by atoms with Gasteiger partial charge in [-0.3, -0.25) is 4.79 Å². The highest BCUT2D eigenvalue weighted by molar-refractivity contribution is 6.30. The summed E-state index contributed by atoms with van der Waals surface area (Å²) in [6, 6.07) is 10.4. The highest BCUT2D eigenvalue weighted by Gasteiger charge is 2.17. The van der Waals surface area contributed by atoms with E-state index in [9.17, 15) is 4.79 Å². The summed E-state index contributed by atoms with van der Waals surface area (Å²) in [5.41, 5.74) is 1.57. The lowest BCUT2D eigenvalue weighted by atomic mass is 10.1. The van der Waals surface area contributed by atoms with Crippen LogP contribution in [0.4, 0.5) is 0 Å². The first kappa shape index (κ1) is 18.9. The van der Waals surface area contributed by atoms with Crippen LogP contribution >= 0.6 is 11.6 Å². The molecular formula is C19H22ClNO4. The predicted molar refractivity (Wildman–Crippen MR) is 97.8 cm³/mol. The fraction of sp³-hybridized carbons (Fsp3) is 0.316. The number of methoxy groups -OCH3 is 3. The number of carbonyl (C=O) groups is 1. The average Bonchev–Trinajstić information content (AvgIpc) is 2.61. The SMILES string of the molecule is COc1ccc(OC)c([C@H](C)NC(=O)Cc2cc(Cl)ccc2OC)c1. The van der Waals surface area contributed by atoms with Crippen LogP contribution in [0.3, 0.4) is 0 Å². The largest absolute Gasteiger partial charge is 0.497 e. The Morgan fingerprint density at radius 1 is 1.04 bits per heavy atom. The number of benzene rings is 2. The lowest BCUT2D eigenvalue weighted by Crippen LogP contribution is -2.28. The van der Waals surface area contributed by atoms with Gasteiger partial charge in [-0.1, -0.05) is 11.6 Å². The van der Waals surface area contributed by atoms with Gasteiger partial charge >= 0.3 is 0 Å². The maximum absolute atomic E-state index is 12.4. The molecule has 1 atom stereocenters. The van der Waals surface area contributed by atoms with Crippen molar-refractivity contribution in [3.63, 3.8) is 0 Å². The molecule has 0 spiro atoms. The van der Waals surface area contributed by atoms with E-state index in [1.807, 2.05) is 25.1 Å². The summed E-state index contributed by atoms with van der Waals surface area (Å²) in [6.07, 6.45) is 0.167. The summed E-state index contributed by atoms with van der Waals surface area (Å²) in [5.74, 6) is 1.88. The highest BCUT2D eigenvalue weighted by Crippen LogP contribution is 2.29. The minimum absolute atomic E-state index is 0.141. The molecule has 0 unspecified atom stereocenters. The molecule has 1 amide bonds. The summed E-state index contributed by atoms with van der Waals surface area (Å²) < 4.78 is 15.9. The van der Waals surface area contributed by atoms with Crippen molar-refractivity contribution in [2.24, 2.45) is 0 Å². The quantitative estimate of drug-likeness (QED) is 0.813. The van der Waals surface area contributed by atoms with Crippen LogP contribution in [0, 0.1) is 0 Å². The zero-order valence-corrected chi connectivity index (χ0v) is 15.5. The minimum Gasteiger partial charge on any atom is -0.497 e. The first-order valence-electron chi connectivity index (χ1n) is 7.82. The van der Waals surface area contributed by atoms with Crippen LogP contribution in [-0.2, 0) is 11.2 Å². The molecule has 2 aromatic carbocycles. The number of carbonyl (C=O) groups excluding carboxylic acids is 1. The number of hydrogen-bond acceptors (Lipinski definition) is 4. The monoisotopic (exact) mass is 363 g/mol. The average molecular weight is 364 g/mol. The van der Waals surface area contributed by atoms with E-state index in [0.717, 1.165) is 11.1 Å². The smallest absolute Gasteiger partial charge is 0.225 e. The number of hydrogen-bond donors (Lipinski definition) is 1. The Morgan fingerprint density at radius 2 is 1.72 bits per heavy atom. The third-order valence-corrected chi connectivity index (χ3v) is 4.11. The Labute approximate surface area is 152 Å². The third-order valence-electron chi connectivity index (χ3n) is 3.87. The molecule has 25 heavy (non-hydrogen) atoms. The van der Waals surface area contributed by atoms with E-state index < -0.39 is 0 Å². The summed E-state index contributed by atoms with van der Waals surface area (Å²) in [7, 11) is 4.76. The van der Waals surface area contributed by atoms with Crippen molar-refractivity contribution in [1.29, 1.82) is 0 Å². The summed E-state index contributed by atoms with van der Waals surface area (Å²) >= 11 is 6.01. The molecule has 1 N–H and O–H groups in total. The van der Waals surface area contributed by atoms with Crippen LogP contribution < -0.4 is 19.5 Å². The fourth-order valence-electron chi connectivity index (χ4n) is 2.61. The maximum Gasteiger partial charge on any atom is 0.225 e. The van der Waals surface area contributed by atoms with E-state index in [1.54, 1.807) is 39.5 Å². The molecule has 0 bridgehead atoms. The molecule has 0 aliphatic rings. The molecular weight excluding hydrogens is 342 g/mol. The van der Waals surface area contributed by atoms with Crippen molar-refractivity contribution < 1.29 is 19.0 Å². The molecule has 0 radical (unpaired) electrons. The van der Waals surface area contributed by atoms with Crippen LogP contribution in [0.25, 0.3) is 0 Å². The van der Waals surface area contributed by atoms with E-state index in [2.05, 4.69) is 5.32 Å². The van der Waals surface area contributed by atoms with Crippen molar-refractivity contribution in [2.45, 2.75) is 19.4 Å². The maximum atomic E-state index is 12.4. The number of rotatable bonds is 7. The molecule has 6 heteroatoms. The molecule has 134 valence electrons. The molecule has 2 rings (SSSR count). The van der Waals surface area contributed by atoms with Gasteiger partial charge in [0.05, 0.1) is 33.8 Å². The van der Waals surface area contributed by atoms with Crippen molar-refractivity contribution in [2.75, 3.05) is 21.3 Å².